The first kappa shape index (κ1) is 19.8. The number of hydrogen-bond donors (Lipinski definition) is 1. The highest BCUT2D eigenvalue weighted by Gasteiger charge is 2.47. The highest BCUT2D eigenvalue weighted by Crippen LogP contribution is 2.49. The number of rotatable bonds is 3. The number of hydrogen-bond acceptors (Lipinski definition) is 5. The Morgan fingerprint density at radius 1 is 1.41 bits per heavy atom. The second-order valence-corrected chi connectivity index (χ2v) is 9.41. The maximum Gasteiger partial charge on any atom is 0.313 e. The van der Waals surface area contributed by atoms with Crippen molar-refractivity contribution in [1.82, 2.24) is 0 Å². The average molecular weight is 447 g/mol. The number of allylic oxidation sites excluding steroid dienone is 2. The molecule has 1 heterocycles. The summed E-state index contributed by atoms with van der Waals surface area (Å²) in [6, 6.07) is 9.88. The first-order valence-corrected chi connectivity index (χ1v) is 10.3. The Morgan fingerprint density at radius 2 is 2.07 bits per heavy atom. The van der Waals surface area contributed by atoms with Crippen LogP contribution in [0.2, 0.25) is 0 Å². The van der Waals surface area contributed by atoms with Gasteiger partial charge >= 0.3 is 5.97 Å². The monoisotopic (exact) mass is 446 g/mol. The Kier molecular flexibility index (Phi) is 5.59. The lowest BCUT2D eigenvalue weighted by molar-refractivity contribution is -0.134. The highest BCUT2D eigenvalue weighted by molar-refractivity contribution is 9.10. The van der Waals surface area contributed by atoms with Crippen LogP contribution in [0.1, 0.15) is 31.7 Å². The molecule has 0 saturated heterocycles. The van der Waals surface area contributed by atoms with Crippen molar-refractivity contribution in [3.05, 3.63) is 46.1 Å². The molecular formula is C20H19BrN2O3S. The van der Waals surface area contributed by atoms with E-state index in [1.807, 2.05) is 44.2 Å². The number of ketones is 1. The maximum atomic E-state index is 13.0. The van der Waals surface area contributed by atoms with Crippen molar-refractivity contribution in [2.45, 2.75) is 26.2 Å². The molecular weight excluding hydrogens is 428 g/mol. The van der Waals surface area contributed by atoms with Crippen LogP contribution in [-0.4, -0.2) is 27.7 Å². The molecule has 1 unspecified atom stereocenters. The van der Waals surface area contributed by atoms with E-state index in [9.17, 15) is 14.9 Å². The summed E-state index contributed by atoms with van der Waals surface area (Å²) < 4.78 is 0.913. The summed E-state index contributed by atoms with van der Waals surface area (Å²) in [5.74, 6) is -2.54. The Labute approximate surface area is 170 Å². The molecule has 0 radical (unpaired) electrons. The van der Waals surface area contributed by atoms with Crippen molar-refractivity contribution in [1.29, 1.82) is 5.26 Å². The van der Waals surface area contributed by atoms with Crippen molar-refractivity contribution >= 4 is 44.5 Å². The lowest BCUT2D eigenvalue weighted by Crippen LogP contribution is -2.40. The standard InChI is InChI=1S/C20H19BrN2O3S/c1-20(2)7-14-18(15(24)8-20)17(11-3-5-12(21)6-4-11)13(9-22)19(23-14)27-10-16(25)26/h3-7,13,17-18H,8,10H2,1-2H3,(H,25,26)/t13?,17-,18+/m0/s1. The summed E-state index contributed by atoms with van der Waals surface area (Å²) in [6.07, 6.45) is 2.40. The van der Waals surface area contributed by atoms with Crippen LogP contribution in [0.4, 0.5) is 0 Å². The quantitative estimate of drug-likeness (QED) is 0.742. The summed E-state index contributed by atoms with van der Waals surface area (Å²) in [5.41, 5.74) is 1.24. The predicted octanol–water partition coefficient (Wildman–Crippen LogP) is 4.40. The molecule has 1 aliphatic carbocycles. The molecule has 0 fully saturated rings. The number of benzene rings is 1. The third-order valence-corrected chi connectivity index (χ3v) is 6.36. The van der Waals surface area contributed by atoms with Crippen LogP contribution in [0.3, 0.4) is 0 Å². The topological polar surface area (TPSA) is 90.5 Å². The number of aliphatic carboxylic acids is 1. The Morgan fingerprint density at radius 3 is 2.67 bits per heavy atom. The van der Waals surface area contributed by atoms with E-state index in [-0.39, 0.29) is 22.9 Å². The summed E-state index contributed by atoms with van der Waals surface area (Å²) in [4.78, 5) is 28.6. The molecule has 0 spiro atoms. The number of carboxylic acids is 1. The fourth-order valence-corrected chi connectivity index (χ4v) is 4.84. The number of aliphatic imine (C=N–C) groups is 1. The van der Waals surface area contributed by atoms with E-state index in [1.54, 1.807) is 0 Å². The first-order valence-electron chi connectivity index (χ1n) is 8.55. The number of nitrogens with zero attached hydrogens (tertiary/aromatic N) is 2. The number of fused-ring (bicyclic) bond motifs is 1. The molecule has 27 heavy (non-hydrogen) atoms. The van der Waals surface area contributed by atoms with Crippen LogP contribution in [0, 0.1) is 28.6 Å². The molecule has 1 aromatic rings. The highest BCUT2D eigenvalue weighted by atomic mass is 79.9. The van der Waals surface area contributed by atoms with Gasteiger partial charge in [0.2, 0.25) is 0 Å². The third kappa shape index (κ3) is 4.17. The molecule has 0 amide bonds. The Bertz CT molecular complexity index is 883. The fraction of sp³-hybridized carbons (Fsp3) is 0.400. The fourth-order valence-electron chi connectivity index (χ4n) is 3.76. The lowest BCUT2D eigenvalue weighted by Gasteiger charge is -2.40. The summed E-state index contributed by atoms with van der Waals surface area (Å²) >= 11 is 4.48. The normalized spacial score (nSPS) is 26.4. The average Bonchev–Trinajstić information content (AvgIpc) is 2.58. The largest absolute Gasteiger partial charge is 0.481 e. The smallest absolute Gasteiger partial charge is 0.313 e. The van der Waals surface area contributed by atoms with Crippen LogP contribution >= 0.6 is 27.7 Å². The first-order chi connectivity index (χ1) is 12.7. The Balaban J connectivity index is 2.14. The summed E-state index contributed by atoms with van der Waals surface area (Å²) in [7, 11) is 0. The van der Waals surface area contributed by atoms with Gasteiger partial charge in [0.1, 0.15) is 11.7 Å². The van der Waals surface area contributed by atoms with Crippen LogP contribution in [0.25, 0.3) is 0 Å². The van der Waals surface area contributed by atoms with Crippen molar-refractivity contribution in [2.75, 3.05) is 5.75 Å². The number of Topliss-reactive ketones (excluding diaryl/α,β-unsaturated/α-hetero) is 1. The maximum absolute atomic E-state index is 13.0. The minimum Gasteiger partial charge on any atom is -0.481 e. The van der Waals surface area contributed by atoms with E-state index in [0.29, 0.717) is 17.2 Å². The molecule has 3 atom stereocenters. The second kappa shape index (κ2) is 7.61. The number of carbonyl (C=O) groups excluding carboxylic acids is 1. The molecule has 1 aliphatic heterocycles. The van der Waals surface area contributed by atoms with Gasteiger partial charge in [0.05, 0.1) is 22.8 Å². The van der Waals surface area contributed by atoms with Gasteiger partial charge in [-0.05, 0) is 23.1 Å². The zero-order valence-corrected chi connectivity index (χ0v) is 17.4. The molecule has 1 N–H and O–H groups in total. The molecule has 1 aromatic carbocycles. The zero-order chi connectivity index (χ0) is 19.8. The van der Waals surface area contributed by atoms with Crippen LogP contribution in [0.5, 0.6) is 0 Å². The third-order valence-electron chi connectivity index (χ3n) is 4.80. The zero-order valence-electron chi connectivity index (χ0n) is 15.0. The van der Waals surface area contributed by atoms with Gasteiger partial charge in [0.25, 0.3) is 0 Å². The van der Waals surface area contributed by atoms with E-state index >= 15 is 0 Å². The minimum absolute atomic E-state index is 0.0803. The van der Waals surface area contributed by atoms with Crippen LogP contribution < -0.4 is 0 Å². The van der Waals surface area contributed by atoms with Crippen molar-refractivity contribution in [3.8, 4) is 6.07 Å². The van der Waals surface area contributed by atoms with Gasteiger partial charge in [0.15, 0.2) is 0 Å². The molecule has 7 heteroatoms. The lowest BCUT2D eigenvalue weighted by atomic mass is 9.66. The van der Waals surface area contributed by atoms with E-state index in [2.05, 4.69) is 27.0 Å². The molecule has 0 aromatic heterocycles. The van der Waals surface area contributed by atoms with Crippen molar-refractivity contribution in [2.24, 2.45) is 22.2 Å². The van der Waals surface area contributed by atoms with Crippen molar-refractivity contribution < 1.29 is 14.7 Å². The summed E-state index contributed by atoms with van der Waals surface area (Å²) in [6.45, 7) is 3.97. The van der Waals surface area contributed by atoms with Gasteiger partial charge < -0.3 is 5.11 Å². The molecule has 5 nitrogen and oxygen atoms in total. The van der Waals surface area contributed by atoms with E-state index in [0.717, 1.165) is 21.8 Å². The summed E-state index contributed by atoms with van der Waals surface area (Å²) in [5, 5.41) is 19.4. The van der Waals surface area contributed by atoms with Crippen LogP contribution in [0.15, 0.2) is 45.5 Å². The molecule has 0 bridgehead atoms. The van der Waals surface area contributed by atoms with Gasteiger partial charge in [-0.2, -0.15) is 5.26 Å². The number of carbonyl (C=O) groups is 2. The predicted molar refractivity (Wildman–Crippen MR) is 108 cm³/mol. The van der Waals surface area contributed by atoms with Crippen LogP contribution in [-0.2, 0) is 9.59 Å². The second-order valence-electron chi connectivity index (χ2n) is 7.50. The molecule has 0 saturated carbocycles. The minimum atomic E-state index is -0.962. The number of thioether (sulfide) groups is 1. The number of halogens is 1. The number of nitriles is 1. The Hall–Kier alpha value is -1.91. The molecule has 140 valence electrons. The van der Waals surface area contributed by atoms with Gasteiger partial charge in [-0.1, -0.05) is 59.7 Å². The molecule has 2 aliphatic rings. The van der Waals surface area contributed by atoms with E-state index in [1.165, 1.54) is 0 Å². The van der Waals surface area contributed by atoms with Gasteiger partial charge in [-0.3, -0.25) is 9.59 Å². The van der Waals surface area contributed by atoms with Gasteiger partial charge in [0, 0.05) is 22.5 Å². The van der Waals surface area contributed by atoms with E-state index in [4.69, 9.17) is 5.11 Å². The number of carboxylic acid groups (broad SMARTS) is 1. The van der Waals surface area contributed by atoms with Gasteiger partial charge in [-0.25, -0.2) is 4.99 Å². The van der Waals surface area contributed by atoms with Crippen molar-refractivity contribution in [3.63, 3.8) is 0 Å². The molecule has 3 rings (SSSR count). The van der Waals surface area contributed by atoms with Gasteiger partial charge in [-0.15, -0.1) is 0 Å². The SMILES string of the molecule is CC1(C)C=C2N=C(SCC(=O)O)C(C#N)[C@H](c3ccc(Br)cc3)[C@H]2C(=O)C1. The van der Waals surface area contributed by atoms with E-state index < -0.39 is 17.8 Å².